The Bertz CT molecular complexity index is 394. The van der Waals surface area contributed by atoms with Crippen LogP contribution in [0, 0.1) is 17.8 Å². The molecule has 0 radical (unpaired) electrons. The van der Waals surface area contributed by atoms with Gasteiger partial charge in [-0.2, -0.15) is 0 Å². The second-order valence-corrected chi connectivity index (χ2v) is 4.18. The normalized spacial score (nSPS) is 24.4. The van der Waals surface area contributed by atoms with Crippen LogP contribution < -0.4 is 0 Å². The first kappa shape index (κ1) is 13.3. The fraction of sp³-hybridized carbons (Fsp3) is 0.538. The summed E-state index contributed by atoms with van der Waals surface area (Å²) < 4.78 is 5.03. The second kappa shape index (κ2) is 5.05. The van der Waals surface area contributed by atoms with Gasteiger partial charge in [-0.25, -0.2) is 0 Å². The van der Waals surface area contributed by atoms with Gasteiger partial charge in [-0.3, -0.25) is 9.59 Å². The fourth-order valence-electron chi connectivity index (χ4n) is 1.87. The van der Waals surface area contributed by atoms with E-state index in [0.717, 1.165) is 0 Å². The van der Waals surface area contributed by atoms with Crippen molar-refractivity contribution in [3.8, 4) is 12.3 Å². The summed E-state index contributed by atoms with van der Waals surface area (Å²) in [5.41, 5.74) is -0.411. The van der Waals surface area contributed by atoms with Gasteiger partial charge < -0.3 is 9.64 Å². The summed E-state index contributed by atoms with van der Waals surface area (Å²) in [4.78, 5) is 25.0. The molecule has 0 spiro atoms. The average molecular weight is 235 g/mol. The van der Waals surface area contributed by atoms with E-state index in [0.29, 0.717) is 18.7 Å². The highest BCUT2D eigenvalue weighted by molar-refractivity contribution is 5.87. The molecule has 0 aromatic carbocycles. The number of carbonyl (C=O) groups is 2. The zero-order chi connectivity index (χ0) is 13.1. The minimum atomic E-state index is -0.846. The highest BCUT2D eigenvalue weighted by Gasteiger charge is 2.45. The molecule has 1 rings (SSSR count). The van der Waals surface area contributed by atoms with Crippen LogP contribution in [0.3, 0.4) is 0 Å². The number of carbonyl (C=O) groups excluding carboxylic acids is 2. The molecule has 17 heavy (non-hydrogen) atoms. The molecule has 0 aromatic heterocycles. The van der Waals surface area contributed by atoms with Gasteiger partial charge in [0.25, 0.3) is 0 Å². The third kappa shape index (κ3) is 2.33. The van der Waals surface area contributed by atoms with Crippen LogP contribution >= 0.6 is 0 Å². The number of rotatable bonds is 3. The number of esters is 1. The van der Waals surface area contributed by atoms with Gasteiger partial charge in [-0.05, 0) is 20.3 Å². The van der Waals surface area contributed by atoms with Gasteiger partial charge in [-0.1, -0.05) is 12.5 Å². The second-order valence-electron chi connectivity index (χ2n) is 4.18. The Morgan fingerprint density at radius 2 is 2.35 bits per heavy atom. The molecule has 92 valence electrons. The molecule has 0 bridgehead atoms. The van der Waals surface area contributed by atoms with E-state index < -0.39 is 5.41 Å². The lowest BCUT2D eigenvalue weighted by Gasteiger charge is -2.39. The van der Waals surface area contributed by atoms with Gasteiger partial charge in [0.05, 0.1) is 13.2 Å². The first-order valence-electron chi connectivity index (χ1n) is 5.57. The zero-order valence-corrected chi connectivity index (χ0v) is 10.3. The van der Waals surface area contributed by atoms with E-state index in [4.69, 9.17) is 11.2 Å². The van der Waals surface area contributed by atoms with E-state index in [2.05, 4.69) is 12.5 Å². The maximum atomic E-state index is 11.9. The maximum Gasteiger partial charge on any atom is 0.317 e. The Morgan fingerprint density at radius 1 is 1.71 bits per heavy atom. The predicted molar refractivity (Wildman–Crippen MR) is 63.7 cm³/mol. The molecule has 0 N–H and O–H groups in total. The van der Waals surface area contributed by atoms with Crippen LogP contribution in [-0.4, -0.2) is 29.9 Å². The molecule has 1 aliphatic rings. The number of terminal acetylenes is 1. The lowest BCUT2D eigenvalue weighted by molar-refractivity contribution is -0.156. The third-order valence-corrected chi connectivity index (χ3v) is 3.08. The van der Waals surface area contributed by atoms with Gasteiger partial charge in [0.1, 0.15) is 5.41 Å². The minimum absolute atomic E-state index is 0.0882. The molecule has 4 heteroatoms. The summed E-state index contributed by atoms with van der Waals surface area (Å²) in [6.07, 6.45) is 5.91. The van der Waals surface area contributed by atoms with E-state index >= 15 is 0 Å². The van der Waals surface area contributed by atoms with E-state index in [9.17, 15) is 9.59 Å². The molecule has 1 heterocycles. The summed E-state index contributed by atoms with van der Waals surface area (Å²) in [5, 5.41) is 0. The molecule has 1 saturated heterocycles. The first-order chi connectivity index (χ1) is 7.97. The monoisotopic (exact) mass is 235 g/mol. The Balaban J connectivity index is 2.96. The van der Waals surface area contributed by atoms with Crippen LogP contribution in [0.4, 0.5) is 0 Å². The predicted octanol–water partition coefficient (Wildman–Crippen LogP) is 1.33. The van der Waals surface area contributed by atoms with E-state index in [-0.39, 0.29) is 24.8 Å². The Labute approximate surface area is 102 Å². The molecule has 1 unspecified atom stereocenters. The zero-order valence-electron chi connectivity index (χ0n) is 10.3. The maximum absolute atomic E-state index is 11.9. The van der Waals surface area contributed by atoms with E-state index in [1.54, 1.807) is 13.8 Å². The number of ether oxygens (including phenoxy) is 1. The molecule has 1 aliphatic heterocycles. The summed E-state index contributed by atoms with van der Waals surface area (Å²) in [6.45, 7) is 7.77. The quantitative estimate of drug-likeness (QED) is 0.547. The largest absolute Gasteiger partial charge is 0.465 e. The lowest BCUT2D eigenvalue weighted by Crippen LogP contribution is -2.47. The molecule has 0 aliphatic carbocycles. The van der Waals surface area contributed by atoms with Crippen molar-refractivity contribution >= 4 is 11.9 Å². The Kier molecular flexibility index (Phi) is 3.95. The van der Waals surface area contributed by atoms with Gasteiger partial charge in [0, 0.05) is 12.1 Å². The number of likely N-dealkylation sites (tertiary alicyclic amines) is 1. The van der Waals surface area contributed by atoms with E-state index in [1.165, 1.54) is 4.90 Å². The van der Waals surface area contributed by atoms with Crippen molar-refractivity contribution in [2.45, 2.75) is 26.7 Å². The van der Waals surface area contributed by atoms with Crippen LogP contribution in [0.25, 0.3) is 0 Å². The molecule has 1 fully saturated rings. The van der Waals surface area contributed by atoms with Gasteiger partial charge >= 0.3 is 5.97 Å². The van der Waals surface area contributed by atoms with Gasteiger partial charge in [0.2, 0.25) is 5.91 Å². The number of nitrogens with zero attached hydrogens (tertiary/aromatic N) is 1. The summed E-state index contributed by atoms with van der Waals surface area (Å²) >= 11 is 0. The van der Waals surface area contributed by atoms with Crippen LogP contribution in [0.2, 0.25) is 0 Å². The van der Waals surface area contributed by atoms with Crippen molar-refractivity contribution in [1.82, 2.24) is 4.90 Å². The SMILES string of the molecule is C#CCN1C(=C)C(C)(C(=O)OCC)CCC1=O. The van der Waals surface area contributed by atoms with Crippen molar-refractivity contribution in [2.24, 2.45) is 5.41 Å². The van der Waals surface area contributed by atoms with Crippen LogP contribution in [0.5, 0.6) is 0 Å². The Hall–Kier alpha value is -1.76. The highest BCUT2D eigenvalue weighted by Crippen LogP contribution is 2.39. The summed E-state index contributed by atoms with van der Waals surface area (Å²) in [5.74, 6) is 1.96. The lowest BCUT2D eigenvalue weighted by atomic mass is 9.78. The Morgan fingerprint density at radius 3 is 2.88 bits per heavy atom. The number of amides is 1. The van der Waals surface area contributed by atoms with Crippen molar-refractivity contribution in [2.75, 3.05) is 13.2 Å². The molecule has 0 saturated carbocycles. The summed E-state index contributed by atoms with van der Waals surface area (Å²) in [6, 6.07) is 0. The first-order valence-corrected chi connectivity index (χ1v) is 5.57. The van der Waals surface area contributed by atoms with Crippen molar-refractivity contribution in [3.63, 3.8) is 0 Å². The van der Waals surface area contributed by atoms with Crippen molar-refractivity contribution in [1.29, 1.82) is 0 Å². The van der Waals surface area contributed by atoms with Gasteiger partial charge in [0.15, 0.2) is 0 Å². The third-order valence-electron chi connectivity index (χ3n) is 3.08. The topological polar surface area (TPSA) is 46.6 Å². The van der Waals surface area contributed by atoms with Crippen molar-refractivity contribution in [3.05, 3.63) is 12.3 Å². The number of piperidine rings is 1. The van der Waals surface area contributed by atoms with Crippen LogP contribution in [0.15, 0.2) is 12.3 Å². The van der Waals surface area contributed by atoms with Crippen LogP contribution in [-0.2, 0) is 14.3 Å². The smallest absolute Gasteiger partial charge is 0.317 e. The number of hydrogen-bond acceptors (Lipinski definition) is 3. The standard InChI is InChI=1S/C13H17NO3/c1-5-9-14-10(3)13(4,8-7-11(14)15)12(16)17-6-2/h1H,3,6-9H2,2,4H3. The van der Waals surface area contributed by atoms with Crippen LogP contribution in [0.1, 0.15) is 26.7 Å². The molecule has 0 aromatic rings. The number of hydrogen-bond donors (Lipinski definition) is 0. The molecule has 4 nitrogen and oxygen atoms in total. The fourth-order valence-corrected chi connectivity index (χ4v) is 1.87. The van der Waals surface area contributed by atoms with Crippen molar-refractivity contribution < 1.29 is 14.3 Å². The highest BCUT2D eigenvalue weighted by atomic mass is 16.5. The average Bonchev–Trinajstić information content (AvgIpc) is 2.30. The van der Waals surface area contributed by atoms with Gasteiger partial charge in [-0.15, -0.1) is 6.42 Å². The molecule has 1 atom stereocenters. The minimum Gasteiger partial charge on any atom is -0.465 e. The van der Waals surface area contributed by atoms with E-state index in [1.807, 2.05) is 0 Å². The molecular formula is C13H17NO3. The summed E-state index contributed by atoms with van der Waals surface area (Å²) in [7, 11) is 0. The molecule has 1 amide bonds. The molecular weight excluding hydrogens is 218 g/mol.